The fourth-order valence-corrected chi connectivity index (χ4v) is 3.47. The van der Waals surface area contributed by atoms with Crippen LogP contribution in [0.2, 0.25) is 0 Å². The highest BCUT2D eigenvalue weighted by Crippen LogP contribution is 2.20. The Morgan fingerprint density at radius 1 is 0.931 bits per heavy atom. The van der Waals surface area contributed by atoms with Crippen molar-refractivity contribution < 1.29 is 22.5 Å². The van der Waals surface area contributed by atoms with Gasteiger partial charge in [0.15, 0.2) is 0 Å². The Morgan fingerprint density at radius 3 is 2.21 bits per heavy atom. The fraction of sp³-hybridized carbons (Fsp3) is 0. The number of nitrogens with one attached hydrogen (secondary N) is 2. The second-order valence-electron chi connectivity index (χ2n) is 5.90. The third-order valence-corrected chi connectivity index (χ3v) is 5.23. The molecule has 0 spiro atoms. The second kappa shape index (κ2) is 8.07. The van der Waals surface area contributed by atoms with E-state index < -0.39 is 26.7 Å². The van der Waals surface area contributed by atoms with Crippen molar-refractivity contribution in [3.63, 3.8) is 0 Å². The monoisotopic (exact) mass is 415 g/mol. The summed E-state index contributed by atoms with van der Waals surface area (Å²) >= 11 is 0. The van der Waals surface area contributed by atoms with Gasteiger partial charge in [0.05, 0.1) is 9.82 Å². The Hall–Kier alpha value is -3.79. The number of sulfonamides is 1. The van der Waals surface area contributed by atoms with Gasteiger partial charge in [0, 0.05) is 29.1 Å². The van der Waals surface area contributed by atoms with Crippen molar-refractivity contribution >= 4 is 33.0 Å². The average Bonchev–Trinajstić information content (AvgIpc) is 2.68. The molecule has 3 rings (SSSR count). The SMILES string of the molecule is O=C(Nc1ccc([N+](=O)[O-])cc1)c1cccc(NS(=O)(=O)c2ccc(F)cc2)c1. The maximum absolute atomic E-state index is 13.0. The van der Waals surface area contributed by atoms with Gasteiger partial charge in [-0.05, 0) is 54.6 Å². The van der Waals surface area contributed by atoms with E-state index in [1.807, 2.05) is 0 Å². The Labute approximate surface area is 165 Å². The maximum atomic E-state index is 13.0. The lowest BCUT2D eigenvalue weighted by Gasteiger charge is -2.10. The van der Waals surface area contributed by atoms with Crippen LogP contribution < -0.4 is 10.0 Å². The number of amides is 1. The zero-order valence-corrected chi connectivity index (χ0v) is 15.5. The van der Waals surface area contributed by atoms with Gasteiger partial charge in [0.1, 0.15) is 5.82 Å². The molecule has 8 nitrogen and oxygen atoms in total. The molecule has 0 aliphatic carbocycles. The third-order valence-electron chi connectivity index (χ3n) is 3.84. The molecule has 0 fully saturated rings. The van der Waals surface area contributed by atoms with Crippen LogP contribution in [0, 0.1) is 15.9 Å². The van der Waals surface area contributed by atoms with Gasteiger partial charge < -0.3 is 5.32 Å². The number of carbonyl (C=O) groups is 1. The van der Waals surface area contributed by atoms with Gasteiger partial charge in [-0.2, -0.15) is 0 Å². The molecule has 0 saturated heterocycles. The topological polar surface area (TPSA) is 118 Å². The smallest absolute Gasteiger partial charge is 0.269 e. The molecule has 0 bridgehead atoms. The number of nitro groups is 1. The molecule has 1 amide bonds. The van der Waals surface area contributed by atoms with Crippen LogP contribution in [0.5, 0.6) is 0 Å². The molecule has 0 unspecified atom stereocenters. The Kier molecular flexibility index (Phi) is 5.55. The first-order chi connectivity index (χ1) is 13.7. The molecule has 0 aliphatic rings. The van der Waals surface area contributed by atoms with Crippen LogP contribution in [0.4, 0.5) is 21.5 Å². The lowest BCUT2D eigenvalue weighted by molar-refractivity contribution is -0.384. The summed E-state index contributed by atoms with van der Waals surface area (Å²) in [5.41, 5.74) is 0.548. The molecule has 29 heavy (non-hydrogen) atoms. The van der Waals surface area contributed by atoms with Crippen molar-refractivity contribution in [3.8, 4) is 0 Å². The van der Waals surface area contributed by atoms with Crippen LogP contribution in [0.3, 0.4) is 0 Å². The first kappa shape index (κ1) is 20.0. The van der Waals surface area contributed by atoms with Crippen LogP contribution in [0.25, 0.3) is 0 Å². The number of non-ortho nitro benzene ring substituents is 1. The zero-order valence-electron chi connectivity index (χ0n) is 14.7. The van der Waals surface area contributed by atoms with Crippen molar-refractivity contribution in [3.05, 3.63) is 94.3 Å². The number of benzene rings is 3. The van der Waals surface area contributed by atoms with E-state index in [0.29, 0.717) is 5.69 Å². The Bertz CT molecular complexity index is 1160. The molecule has 0 heterocycles. The van der Waals surface area contributed by atoms with E-state index in [0.717, 1.165) is 24.3 Å². The molecule has 3 aromatic rings. The molecule has 0 aromatic heterocycles. The number of hydrogen-bond donors (Lipinski definition) is 2. The lowest BCUT2D eigenvalue weighted by Crippen LogP contribution is -2.15. The third kappa shape index (κ3) is 4.93. The van der Waals surface area contributed by atoms with E-state index in [1.165, 1.54) is 48.5 Å². The summed E-state index contributed by atoms with van der Waals surface area (Å²) in [6, 6.07) is 15.4. The predicted molar refractivity (Wildman–Crippen MR) is 105 cm³/mol. The minimum absolute atomic E-state index is 0.111. The van der Waals surface area contributed by atoms with Crippen molar-refractivity contribution in [2.24, 2.45) is 0 Å². The maximum Gasteiger partial charge on any atom is 0.269 e. The highest BCUT2D eigenvalue weighted by molar-refractivity contribution is 7.92. The van der Waals surface area contributed by atoms with Gasteiger partial charge >= 0.3 is 0 Å². The van der Waals surface area contributed by atoms with Gasteiger partial charge in [-0.25, -0.2) is 12.8 Å². The second-order valence-corrected chi connectivity index (χ2v) is 7.58. The number of carbonyl (C=O) groups excluding carboxylic acids is 1. The molecule has 0 saturated carbocycles. The van der Waals surface area contributed by atoms with E-state index in [9.17, 15) is 27.7 Å². The summed E-state index contributed by atoms with van der Waals surface area (Å²) in [6.45, 7) is 0. The van der Waals surface area contributed by atoms with Crippen molar-refractivity contribution in [2.75, 3.05) is 10.0 Å². The van der Waals surface area contributed by atoms with Gasteiger partial charge in [0.2, 0.25) is 0 Å². The first-order valence-corrected chi connectivity index (χ1v) is 9.67. The molecule has 10 heteroatoms. The minimum Gasteiger partial charge on any atom is -0.322 e. The number of halogens is 1. The summed E-state index contributed by atoms with van der Waals surface area (Å²) in [7, 11) is -3.96. The highest BCUT2D eigenvalue weighted by Gasteiger charge is 2.15. The van der Waals surface area contributed by atoms with Crippen molar-refractivity contribution in [1.82, 2.24) is 0 Å². The Balaban J connectivity index is 1.75. The van der Waals surface area contributed by atoms with Crippen molar-refractivity contribution in [2.45, 2.75) is 4.90 Å². The first-order valence-electron chi connectivity index (χ1n) is 8.19. The van der Waals surface area contributed by atoms with E-state index >= 15 is 0 Å². The molecule has 0 radical (unpaired) electrons. The van der Waals surface area contributed by atoms with E-state index in [4.69, 9.17) is 0 Å². The molecular formula is C19H14FN3O5S. The quantitative estimate of drug-likeness (QED) is 0.469. The van der Waals surface area contributed by atoms with Gasteiger partial charge in [-0.1, -0.05) is 6.07 Å². The predicted octanol–water partition coefficient (Wildman–Crippen LogP) is 3.79. The average molecular weight is 415 g/mol. The van der Waals surface area contributed by atoms with Gasteiger partial charge in [0.25, 0.3) is 21.6 Å². The van der Waals surface area contributed by atoms with E-state index in [-0.39, 0.29) is 21.8 Å². The van der Waals surface area contributed by atoms with Gasteiger partial charge in [-0.3, -0.25) is 19.6 Å². The van der Waals surface area contributed by atoms with Crippen LogP contribution in [0.1, 0.15) is 10.4 Å². The van der Waals surface area contributed by atoms with Crippen LogP contribution in [0.15, 0.2) is 77.7 Å². The number of nitro benzene ring substituents is 1. The number of rotatable bonds is 6. The fourth-order valence-electron chi connectivity index (χ4n) is 2.42. The summed E-state index contributed by atoms with van der Waals surface area (Å²) in [5.74, 6) is -1.09. The minimum atomic E-state index is -3.96. The summed E-state index contributed by atoms with van der Waals surface area (Å²) in [5, 5.41) is 13.2. The molecule has 0 aliphatic heterocycles. The largest absolute Gasteiger partial charge is 0.322 e. The number of anilines is 2. The summed E-state index contributed by atoms with van der Waals surface area (Å²) < 4.78 is 40.1. The van der Waals surface area contributed by atoms with Crippen LogP contribution in [-0.2, 0) is 10.0 Å². The lowest BCUT2D eigenvalue weighted by atomic mass is 10.2. The van der Waals surface area contributed by atoms with Crippen molar-refractivity contribution in [1.29, 1.82) is 0 Å². The van der Waals surface area contributed by atoms with Crippen LogP contribution in [-0.4, -0.2) is 19.2 Å². The molecular weight excluding hydrogens is 401 g/mol. The van der Waals surface area contributed by atoms with Crippen LogP contribution >= 0.6 is 0 Å². The normalized spacial score (nSPS) is 10.9. The number of nitrogens with zero attached hydrogens (tertiary/aromatic N) is 1. The molecule has 2 N–H and O–H groups in total. The molecule has 3 aromatic carbocycles. The summed E-state index contributed by atoms with van der Waals surface area (Å²) in [6.07, 6.45) is 0. The van der Waals surface area contributed by atoms with E-state index in [2.05, 4.69) is 10.0 Å². The summed E-state index contributed by atoms with van der Waals surface area (Å²) in [4.78, 5) is 22.4. The number of hydrogen-bond acceptors (Lipinski definition) is 5. The molecule has 148 valence electrons. The Morgan fingerprint density at radius 2 is 1.59 bits per heavy atom. The van der Waals surface area contributed by atoms with Gasteiger partial charge in [-0.15, -0.1) is 0 Å². The zero-order chi connectivity index (χ0) is 21.0. The highest BCUT2D eigenvalue weighted by atomic mass is 32.2. The molecule has 0 atom stereocenters. The standard InChI is InChI=1S/C19H14FN3O5S/c20-14-4-10-18(11-5-14)29(27,28)22-16-3-1-2-13(12-16)19(24)21-15-6-8-17(9-7-15)23(25)26/h1-12,22H,(H,21,24). The van der Waals surface area contributed by atoms with E-state index in [1.54, 1.807) is 0 Å².